The van der Waals surface area contributed by atoms with Crippen LogP contribution in [0.15, 0.2) is 35.9 Å². The summed E-state index contributed by atoms with van der Waals surface area (Å²) >= 11 is 0. The van der Waals surface area contributed by atoms with Gasteiger partial charge in [0.1, 0.15) is 44.5 Å². The molecule has 11 nitrogen and oxygen atoms in total. The summed E-state index contributed by atoms with van der Waals surface area (Å²) in [6.45, 7) is 8.97. The summed E-state index contributed by atoms with van der Waals surface area (Å²) in [6.07, 6.45) is -0.921. The van der Waals surface area contributed by atoms with Crippen molar-refractivity contribution < 1.29 is 52.6 Å². The highest BCUT2D eigenvalue weighted by molar-refractivity contribution is 5.80. The zero-order chi connectivity index (χ0) is 32.5. The molecule has 1 aromatic carbocycles. The molecule has 0 amide bonds. The Hall–Kier alpha value is -2.22. The topological polar surface area (TPSA) is 128 Å². The van der Waals surface area contributed by atoms with Crippen LogP contribution < -0.4 is 0 Å². The third kappa shape index (κ3) is 12.3. The van der Waals surface area contributed by atoms with Gasteiger partial charge in [-0.2, -0.15) is 0 Å². The largest absolute Gasteiger partial charge is 0.457 e. The number of rotatable bonds is 16. The van der Waals surface area contributed by atoms with Gasteiger partial charge in [-0.3, -0.25) is 9.59 Å². The van der Waals surface area contributed by atoms with E-state index in [9.17, 15) is 14.7 Å². The van der Waals surface area contributed by atoms with E-state index in [-0.39, 0.29) is 51.3 Å². The Morgan fingerprint density at radius 3 is 2.41 bits per heavy atom. The minimum Gasteiger partial charge on any atom is -0.457 e. The second kappa shape index (κ2) is 20.0. The van der Waals surface area contributed by atoms with Crippen molar-refractivity contribution in [1.82, 2.24) is 0 Å². The molecule has 1 aliphatic rings. The third-order valence-corrected chi connectivity index (χ3v) is 7.83. The number of hydrogen-bond donors (Lipinski definition) is 1. The van der Waals surface area contributed by atoms with Crippen molar-refractivity contribution >= 4 is 11.8 Å². The number of methoxy groups -OCH3 is 3. The van der Waals surface area contributed by atoms with E-state index in [4.69, 9.17) is 37.9 Å². The Morgan fingerprint density at radius 2 is 1.73 bits per heavy atom. The molecule has 250 valence electrons. The molecular weight excluding hydrogens is 572 g/mol. The average Bonchev–Trinajstić information content (AvgIpc) is 3.00. The van der Waals surface area contributed by atoms with Gasteiger partial charge >= 0.3 is 5.97 Å². The Kier molecular flexibility index (Phi) is 17.3. The van der Waals surface area contributed by atoms with E-state index in [1.165, 1.54) is 14.2 Å². The summed E-state index contributed by atoms with van der Waals surface area (Å²) in [5.74, 6) is -0.775. The van der Waals surface area contributed by atoms with Gasteiger partial charge in [-0.05, 0) is 30.0 Å². The number of carbonyl (C=O) groups excluding carboxylic acids is 2. The van der Waals surface area contributed by atoms with Crippen molar-refractivity contribution in [2.45, 2.75) is 83.2 Å². The molecular formula is C33H52O11. The highest BCUT2D eigenvalue weighted by Gasteiger charge is 2.36. The molecule has 1 heterocycles. The number of aliphatic hydroxyl groups is 1. The maximum absolute atomic E-state index is 13.4. The van der Waals surface area contributed by atoms with Crippen LogP contribution in [0.4, 0.5) is 0 Å². The van der Waals surface area contributed by atoms with Crippen LogP contribution in [-0.4, -0.2) is 96.7 Å². The van der Waals surface area contributed by atoms with Gasteiger partial charge in [0.25, 0.3) is 0 Å². The van der Waals surface area contributed by atoms with Crippen LogP contribution in [0, 0.1) is 5.92 Å². The van der Waals surface area contributed by atoms with Crippen LogP contribution in [0.2, 0.25) is 0 Å². The summed E-state index contributed by atoms with van der Waals surface area (Å²) in [6, 6.07) is 7.52. The Bertz CT molecular complexity index is 1020. The molecule has 0 saturated heterocycles. The van der Waals surface area contributed by atoms with Gasteiger partial charge in [0.15, 0.2) is 0 Å². The number of ether oxygens (including phenoxy) is 8. The van der Waals surface area contributed by atoms with E-state index >= 15 is 0 Å². The van der Waals surface area contributed by atoms with Crippen LogP contribution >= 0.6 is 0 Å². The first kappa shape index (κ1) is 38.0. The van der Waals surface area contributed by atoms with Crippen LogP contribution in [0.25, 0.3) is 0 Å². The second-order valence-corrected chi connectivity index (χ2v) is 11.6. The molecule has 5 atom stereocenters. The lowest BCUT2D eigenvalue weighted by molar-refractivity contribution is -0.175. The predicted octanol–water partition coefficient (Wildman–Crippen LogP) is 4.25. The fraction of sp³-hybridized carbons (Fsp3) is 0.697. The highest BCUT2D eigenvalue weighted by atomic mass is 16.7. The van der Waals surface area contributed by atoms with Gasteiger partial charge < -0.3 is 43.0 Å². The van der Waals surface area contributed by atoms with Crippen molar-refractivity contribution in [2.75, 3.05) is 61.5 Å². The van der Waals surface area contributed by atoms with E-state index in [2.05, 4.69) is 0 Å². The summed E-state index contributed by atoms with van der Waals surface area (Å²) in [5, 5.41) is 11.3. The zero-order valence-electron chi connectivity index (χ0n) is 27.4. The molecule has 1 aromatic rings. The lowest BCUT2D eigenvalue weighted by Crippen LogP contribution is -2.37. The average molecular weight is 625 g/mol. The number of fused-ring (bicyclic) bond motifs is 2. The summed E-state index contributed by atoms with van der Waals surface area (Å²) in [7, 11) is 4.61. The number of hydrogen-bond acceptors (Lipinski definition) is 11. The van der Waals surface area contributed by atoms with Crippen LogP contribution in [0.5, 0.6) is 0 Å². The van der Waals surface area contributed by atoms with E-state index in [0.717, 1.165) is 23.1 Å². The normalized spacial score (nSPS) is 24.0. The quantitative estimate of drug-likeness (QED) is 0.123. The second-order valence-electron chi connectivity index (χ2n) is 11.6. The first-order valence-electron chi connectivity index (χ1n) is 15.1. The molecule has 0 fully saturated rings. The zero-order valence-corrected chi connectivity index (χ0v) is 27.4. The lowest BCUT2D eigenvalue weighted by atomic mass is 9.76. The van der Waals surface area contributed by atoms with Crippen molar-refractivity contribution in [2.24, 2.45) is 5.92 Å². The molecule has 0 radical (unpaired) electrons. The van der Waals surface area contributed by atoms with Gasteiger partial charge in [0.2, 0.25) is 0 Å². The number of benzene rings is 1. The van der Waals surface area contributed by atoms with Crippen molar-refractivity contribution in [3.05, 3.63) is 47.0 Å². The molecule has 1 unspecified atom stereocenters. The van der Waals surface area contributed by atoms with Gasteiger partial charge in [0, 0.05) is 45.5 Å². The molecule has 44 heavy (non-hydrogen) atoms. The summed E-state index contributed by atoms with van der Waals surface area (Å²) in [4.78, 5) is 26.8. The summed E-state index contributed by atoms with van der Waals surface area (Å²) in [5.41, 5.74) is 1.49. The minimum absolute atomic E-state index is 0.00194. The van der Waals surface area contributed by atoms with E-state index in [1.807, 2.05) is 58.0 Å². The SMILES string of the molecule is CC[C@H](/C=C(/C)[C@@H]1CC(=O)C[C@H](O)C(C)(C)c2cccc(c2)C(OCOC)[C@H](OCOC)CC(=O)O1)COCOCCOC. The van der Waals surface area contributed by atoms with E-state index < -0.39 is 35.8 Å². The van der Waals surface area contributed by atoms with E-state index in [1.54, 1.807) is 7.11 Å². The molecule has 1 N–H and O–H groups in total. The molecule has 1 aliphatic heterocycles. The highest BCUT2D eigenvalue weighted by Crippen LogP contribution is 2.34. The van der Waals surface area contributed by atoms with Gasteiger partial charge in [0.05, 0.1) is 32.3 Å². The molecule has 0 saturated carbocycles. The molecule has 0 aliphatic carbocycles. The molecule has 2 rings (SSSR count). The number of Topliss-reactive ketones (excluding diaryl/α,β-unsaturated/α-hetero) is 1. The third-order valence-electron chi connectivity index (χ3n) is 7.83. The first-order valence-corrected chi connectivity index (χ1v) is 15.1. The maximum Gasteiger partial charge on any atom is 0.309 e. The predicted molar refractivity (Wildman–Crippen MR) is 163 cm³/mol. The lowest BCUT2D eigenvalue weighted by Gasteiger charge is -2.33. The minimum atomic E-state index is -0.984. The number of ketones is 1. The van der Waals surface area contributed by atoms with Crippen molar-refractivity contribution in [3.63, 3.8) is 0 Å². The van der Waals surface area contributed by atoms with Crippen LogP contribution in [0.3, 0.4) is 0 Å². The van der Waals surface area contributed by atoms with E-state index in [0.29, 0.717) is 19.8 Å². The Labute approximate surface area is 262 Å². The van der Waals surface area contributed by atoms with Gasteiger partial charge in [-0.15, -0.1) is 0 Å². The number of carbonyl (C=O) groups is 2. The van der Waals surface area contributed by atoms with Crippen LogP contribution in [-0.2, 0) is 52.9 Å². The number of aliphatic hydroxyl groups excluding tert-OH is 1. The molecule has 0 spiro atoms. The number of esters is 1. The van der Waals surface area contributed by atoms with Gasteiger partial charge in [-0.1, -0.05) is 51.1 Å². The fourth-order valence-corrected chi connectivity index (χ4v) is 4.93. The first-order chi connectivity index (χ1) is 21.1. The smallest absolute Gasteiger partial charge is 0.309 e. The summed E-state index contributed by atoms with van der Waals surface area (Å²) < 4.78 is 44.3. The Balaban J connectivity index is 2.41. The number of cyclic esters (lactones) is 1. The van der Waals surface area contributed by atoms with Crippen molar-refractivity contribution in [3.8, 4) is 0 Å². The monoisotopic (exact) mass is 624 g/mol. The van der Waals surface area contributed by atoms with Crippen LogP contribution in [0.1, 0.15) is 70.6 Å². The fourth-order valence-electron chi connectivity index (χ4n) is 4.93. The van der Waals surface area contributed by atoms with Gasteiger partial charge in [-0.25, -0.2) is 0 Å². The standard InChI is InChI=1S/C33H52O11/c1-8-24(19-41-22-40-13-12-37-5)14-23(2)28-16-27(34)17-30(35)33(3,4)26-11-9-10-25(15-26)32(43-21-39-7)29(42-20-38-6)18-31(36)44-28/h9-11,14-15,24,28-30,32,35H,8,12-13,16-22H2,1-7H3/b23-14-/t24-,28+,29-,30+,32?/m1/s1. The Morgan fingerprint density at radius 1 is 1.00 bits per heavy atom. The van der Waals surface area contributed by atoms with Crippen molar-refractivity contribution in [1.29, 1.82) is 0 Å². The molecule has 2 bridgehead atoms. The molecule has 0 aromatic heterocycles. The maximum atomic E-state index is 13.4. The molecule has 11 heteroatoms.